The first-order chi connectivity index (χ1) is 6.35. The lowest BCUT2D eigenvalue weighted by molar-refractivity contribution is 0.0897. The van der Waals surface area contributed by atoms with Crippen LogP contribution in [0.1, 0.15) is 51.9 Å². The fraction of sp³-hybridized carbons (Fsp3) is 0.909. The Morgan fingerprint density at radius 1 is 1.23 bits per heavy atom. The summed E-state index contributed by atoms with van der Waals surface area (Å²) in [6.45, 7) is 2.15. The molecular weight excluding hydrogens is 164 g/mol. The standard InChI is InChI=1S/C11H21O2/c1-3-11(13-2)9-7-5-4-6-8-10-12/h11H,3-9H2,1-2H3. The van der Waals surface area contributed by atoms with Crippen LogP contribution in [0.5, 0.6) is 0 Å². The van der Waals surface area contributed by atoms with Gasteiger partial charge in [-0.1, -0.05) is 26.2 Å². The lowest BCUT2D eigenvalue weighted by Crippen LogP contribution is -2.08. The van der Waals surface area contributed by atoms with E-state index in [4.69, 9.17) is 4.74 Å². The second kappa shape index (κ2) is 9.72. The van der Waals surface area contributed by atoms with Crippen LogP contribution in [0.15, 0.2) is 0 Å². The van der Waals surface area contributed by atoms with Gasteiger partial charge in [0.05, 0.1) is 6.10 Å². The summed E-state index contributed by atoms with van der Waals surface area (Å²) in [5, 5.41) is 0. The average molecular weight is 185 g/mol. The van der Waals surface area contributed by atoms with E-state index >= 15 is 0 Å². The summed E-state index contributed by atoms with van der Waals surface area (Å²) < 4.78 is 5.26. The molecule has 0 aromatic carbocycles. The summed E-state index contributed by atoms with van der Waals surface area (Å²) in [5.74, 6) is 0. The van der Waals surface area contributed by atoms with Gasteiger partial charge in [0.25, 0.3) is 0 Å². The highest BCUT2D eigenvalue weighted by atomic mass is 16.5. The van der Waals surface area contributed by atoms with Gasteiger partial charge in [-0.3, -0.25) is 4.79 Å². The quantitative estimate of drug-likeness (QED) is 0.516. The van der Waals surface area contributed by atoms with Crippen molar-refractivity contribution >= 4 is 6.29 Å². The molecule has 0 aliphatic heterocycles. The number of ether oxygens (including phenoxy) is 1. The summed E-state index contributed by atoms with van der Waals surface area (Å²) in [4.78, 5) is 9.89. The van der Waals surface area contributed by atoms with Crippen LogP contribution in [0.2, 0.25) is 0 Å². The molecule has 0 aliphatic rings. The van der Waals surface area contributed by atoms with Crippen molar-refractivity contribution in [1.82, 2.24) is 0 Å². The van der Waals surface area contributed by atoms with Gasteiger partial charge in [-0.25, -0.2) is 0 Å². The molecule has 2 nitrogen and oxygen atoms in total. The van der Waals surface area contributed by atoms with E-state index in [2.05, 4.69) is 6.92 Å². The van der Waals surface area contributed by atoms with E-state index in [1.807, 2.05) is 6.29 Å². The maximum atomic E-state index is 9.89. The lowest BCUT2D eigenvalue weighted by Gasteiger charge is -2.11. The molecule has 1 unspecified atom stereocenters. The number of hydrogen-bond donors (Lipinski definition) is 0. The first-order valence-corrected chi connectivity index (χ1v) is 5.23. The third-order valence-corrected chi connectivity index (χ3v) is 2.34. The molecule has 0 aromatic heterocycles. The van der Waals surface area contributed by atoms with E-state index in [1.165, 1.54) is 12.8 Å². The van der Waals surface area contributed by atoms with Crippen molar-refractivity contribution in [3.05, 3.63) is 0 Å². The molecular formula is C11H21O2. The van der Waals surface area contributed by atoms with Crippen LogP contribution in [0.4, 0.5) is 0 Å². The van der Waals surface area contributed by atoms with Crippen molar-refractivity contribution in [2.75, 3.05) is 7.11 Å². The Hall–Kier alpha value is -0.370. The lowest BCUT2D eigenvalue weighted by atomic mass is 10.1. The summed E-state index contributed by atoms with van der Waals surface area (Å²) in [7, 11) is 1.77. The molecule has 0 aliphatic carbocycles. The molecule has 0 fully saturated rings. The molecule has 0 spiro atoms. The number of carbonyl (C=O) groups excluding carboxylic acids is 1. The zero-order valence-electron chi connectivity index (χ0n) is 8.84. The Kier molecular flexibility index (Phi) is 9.44. The Morgan fingerprint density at radius 2 is 1.92 bits per heavy atom. The number of hydrogen-bond acceptors (Lipinski definition) is 2. The summed E-state index contributed by atoms with van der Waals surface area (Å²) in [6.07, 6.45) is 9.75. The smallest absolute Gasteiger partial charge is 0.198 e. The van der Waals surface area contributed by atoms with Crippen LogP contribution in [-0.2, 0) is 9.53 Å². The van der Waals surface area contributed by atoms with Gasteiger partial charge in [0, 0.05) is 13.5 Å². The van der Waals surface area contributed by atoms with Crippen molar-refractivity contribution in [1.29, 1.82) is 0 Å². The minimum atomic E-state index is 0.428. The van der Waals surface area contributed by atoms with Crippen molar-refractivity contribution < 1.29 is 9.53 Å². The highest BCUT2D eigenvalue weighted by molar-refractivity contribution is 5.50. The zero-order valence-corrected chi connectivity index (χ0v) is 8.84. The van der Waals surface area contributed by atoms with Gasteiger partial charge in [0.2, 0.25) is 0 Å². The first kappa shape index (κ1) is 12.6. The Bertz CT molecular complexity index is 109. The van der Waals surface area contributed by atoms with Crippen LogP contribution in [0, 0.1) is 0 Å². The molecule has 0 heterocycles. The molecule has 0 saturated heterocycles. The van der Waals surface area contributed by atoms with E-state index in [1.54, 1.807) is 7.11 Å². The molecule has 1 atom stereocenters. The molecule has 13 heavy (non-hydrogen) atoms. The fourth-order valence-electron chi connectivity index (χ4n) is 1.41. The minimum Gasteiger partial charge on any atom is -0.381 e. The molecule has 2 heteroatoms. The van der Waals surface area contributed by atoms with Gasteiger partial charge >= 0.3 is 0 Å². The largest absolute Gasteiger partial charge is 0.381 e. The predicted octanol–water partition coefficient (Wildman–Crippen LogP) is 2.86. The van der Waals surface area contributed by atoms with Gasteiger partial charge in [0.15, 0.2) is 6.29 Å². The normalized spacial score (nSPS) is 12.8. The summed E-state index contributed by atoms with van der Waals surface area (Å²) >= 11 is 0. The summed E-state index contributed by atoms with van der Waals surface area (Å²) in [6, 6.07) is 0. The van der Waals surface area contributed by atoms with E-state index in [0.717, 1.165) is 25.7 Å². The van der Waals surface area contributed by atoms with E-state index in [-0.39, 0.29) is 0 Å². The second-order valence-electron chi connectivity index (χ2n) is 3.36. The van der Waals surface area contributed by atoms with E-state index < -0.39 is 0 Å². The molecule has 0 bridgehead atoms. The van der Waals surface area contributed by atoms with Crippen LogP contribution in [-0.4, -0.2) is 19.5 Å². The molecule has 0 saturated carbocycles. The van der Waals surface area contributed by atoms with Crippen molar-refractivity contribution in [3.8, 4) is 0 Å². The minimum absolute atomic E-state index is 0.428. The fourth-order valence-corrected chi connectivity index (χ4v) is 1.41. The molecule has 77 valence electrons. The zero-order chi connectivity index (χ0) is 9.94. The Balaban J connectivity index is 3.09. The maximum absolute atomic E-state index is 9.89. The van der Waals surface area contributed by atoms with Crippen molar-refractivity contribution in [3.63, 3.8) is 0 Å². The maximum Gasteiger partial charge on any atom is 0.198 e. The van der Waals surface area contributed by atoms with Crippen molar-refractivity contribution in [2.24, 2.45) is 0 Å². The second-order valence-corrected chi connectivity index (χ2v) is 3.36. The van der Waals surface area contributed by atoms with Crippen LogP contribution in [0.3, 0.4) is 0 Å². The molecule has 0 rings (SSSR count). The van der Waals surface area contributed by atoms with Crippen LogP contribution < -0.4 is 0 Å². The summed E-state index contributed by atoms with van der Waals surface area (Å²) in [5.41, 5.74) is 0. The van der Waals surface area contributed by atoms with Gasteiger partial charge in [-0.15, -0.1) is 0 Å². The highest BCUT2D eigenvalue weighted by Gasteiger charge is 2.02. The van der Waals surface area contributed by atoms with E-state index in [9.17, 15) is 4.79 Å². The number of rotatable bonds is 9. The van der Waals surface area contributed by atoms with Crippen LogP contribution in [0.25, 0.3) is 0 Å². The third kappa shape index (κ3) is 7.97. The van der Waals surface area contributed by atoms with Gasteiger partial charge in [-0.2, -0.15) is 0 Å². The van der Waals surface area contributed by atoms with Crippen LogP contribution >= 0.6 is 0 Å². The molecule has 0 amide bonds. The number of unbranched alkanes of at least 4 members (excludes halogenated alkanes) is 4. The van der Waals surface area contributed by atoms with Gasteiger partial charge in [-0.05, 0) is 19.3 Å². The highest BCUT2D eigenvalue weighted by Crippen LogP contribution is 2.10. The predicted molar refractivity (Wildman–Crippen MR) is 54.5 cm³/mol. The van der Waals surface area contributed by atoms with E-state index in [0.29, 0.717) is 12.5 Å². The van der Waals surface area contributed by atoms with Crippen molar-refractivity contribution in [2.45, 2.75) is 58.0 Å². The topological polar surface area (TPSA) is 26.3 Å². The molecule has 1 radical (unpaired) electrons. The first-order valence-electron chi connectivity index (χ1n) is 5.23. The van der Waals surface area contributed by atoms with Gasteiger partial charge < -0.3 is 4.74 Å². The third-order valence-electron chi connectivity index (χ3n) is 2.34. The Labute approximate surface area is 81.7 Å². The van der Waals surface area contributed by atoms with Gasteiger partial charge in [0.1, 0.15) is 0 Å². The molecule has 0 N–H and O–H groups in total. The average Bonchev–Trinajstić information content (AvgIpc) is 2.17. The SMILES string of the molecule is CCC(CCCCCC[C]=O)OC. The Morgan fingerprint density at radius 3 is 2.46 bits per heavy atom. The molecule has 0 aromatic rings. The monoisotopic (exact) mass is 185 g/mol. The number of methoxy groups -OCH3 is 1.